The van der Waals surface area contributed by atoms with E-state index in [1.54, 1.807) is 0 Å². The van der Waals surface area contributed by atoms with Crippen molar-refractivity contribution in [3.8, 4) is 0 Å². The molecular weight excluding hydrogens is 371 g/mol. The van der Waals surface area contributed by atoms with E-state index in [1.807, 2.05) is 0 Å². The van der Waals surface area contributed by atoms with Gasteiger partial charge in [-0.3, -0.25) is 4.79 Å². The van der Waals surface area contributed by atoms with Gasteiger partial charge in [-0.15, -0.1) is 12.4 Å². The number of carbonyl (C=O) groups excluding carboxylic acids is 1. The van der Waals surface area contributed by atoms with E-state index in [4.69, 9.17) is 5.73 Å². The fourth-order valence-electron chi connectivity index (χ4n) is 1.68. The van der Waals surface area contributed by atoms with Crippen LogP contribution in [0.25, 0.3) is 0 Å². The lowest BCUT2D eigenvalue weighted by Gasteiger charge is -2.10. The van der Waals surface area contributed by atoms with E-state index >= 15 is 0 Å². The van der Waals surface area contributed by atoms with Gasteiger partial charge in [0.05, 0.1) is 10.5 Å². The summed E-state index contributed by atoms with van der Waals surface area (Å²) in [6, 6.07) is 3.46. The molecular formula is C13H19ClF3N3O3S. The Bertz CT molecular complexity index is 639. The minimum atomic E-state index is -4.62. The second kappa shape index (κ2) is 9.82. The Balaban J connectivity index is 0.00000529. The zero-order valence-electron chi connectivity index (χ0n) is 12.6. The summed E-state index contributed by atoms with van der Waals surface area (Å²) in [6.45, 7) is 0.567. The monoisotopic (exact) mass is 389 g/mol. The third kappa shape index (κ3) is 7.47. The van der Waals surface area contributed by atoms with Crippen molar-refractivity contribution in [2.45, 2.75) is 23.9 Å². The smallest absolute Gasteiger partial charge is 0.355 e. The molecule has 138 valence electrons. The summed E-state index contributed by atoms with van der Waals surface area (Å²) in [6.07, 6.45) is -4.31. The zero-order valence-corrected chi connectivity index (χ0v) is 14.2. The summed E-state index contributed by atoms with van der Waals surface area (Å²) < 4.78 is 63.8. The molecule has 0 radical (unpaired) electrons. The Kier molecular flexibility index (Phi) is 9.26. The van der Waals surface area contributed by atoms with Crippen molar-refractivity contribution >= 4 is 28.3 Å². The molecule has 0 atom stereocenters. The SMILES string of the molecule is Cl.NCCNC(=O)CCCNS(=O)(=O)c1cccc(C(F)(F)F)c1. The normalized spacial score (nSPS) is 11.7. The largest absolute Gasteiger partial charge is 0.416 e. The highest BCUT2D eigenvalue weighted by Crippen LogP contribution is 2.30. The van der Waals surface area contributed by atoms with Crippen LogP contribution in [0.4, 0.5) is 13.2 Å². The second-order valence-corrected chi connectivity index (χ2v) is 6.43. The van der Waals surface area contributed by atoms with Crippen LogP contribution in [0.5, 0.6) is 0 Å². The first-order valence-corrected chi connectivity index (χ1v) is 8.29. The average molecular weight is 390 g/mol. The maximum absolute atomic E-state index is 12.6. The van der Waals surface area contributed by atoms with Crippen LogP contribution in [0.2, 0.25) is 0 Å². The molecule has 6 nitrogen and oxygen atoms in total. The fourth-order valence-corrected chi connectivity index (χ4v) is 2.80. The number of rotatable bonds is 8. The van der Waals surface area contributed by atoms with Gasteiger partial charge < -0.3 is 11.1 Å². The molecule has 0 heterocycles. The van der Waals surface area contributed by atoms with Crippen LogP contribution in [0.15, 0.2) is 29.2 Å². The number of halogens is 4. The lowest BCUT2D eigenvalue weighted by molar-refractivity contribution is -0.137. The molecule has 1 rings (SSSR count). The number of amides is 1. The van der Waals surface area contributed by atoms with Crippen LogP contribution in [-0.4, -0.2) is 34.0 Å². The Morgan fingerprint density at radius 2 is 1.88 bits per heavy atom. The van der Waals surface area contributed by atoms with E-state index in [0.717, 1.165) is 18.2 Å². The number of hydrogen-bond acceptors (Lipinski definition) is 4. The molecule has 0 aromatic heterocycles. The molecule has 1 aromatic carbocycles. The van der Waals surface area contributed by atoms with Crippen LogP contribution < -0.4 is 15.8 Å². The first-order valence-electron chi connectivity index (χ1n) is 6.80. The summed E-state index contributed by atoms with van der Waals surface area (Å²) in [4.78, 5) is 10.8. The Morgan fingerprint density at radius 3 is 2.46 bits per heavy atom. The first-order chi connectivity index (χ1) is 10.7. The van der Waals surface area contributed by atoms with Crippen LogP contribution in [-0.2, 0) is 21.0 Å². The van der Waals surface area contributed by atoms with Gasteiger partial charge in [-0.25, -0.2) is 13.1 Å². The first kappa shape index (κ1) is 22.6. The second-order valence-electron chi connectivity index (χ2n) is 4.67. The van der Waals surface area contributed by atoms with Crippen molar-refractivity contribution in [2.75, 3.05) is 19.6 Å². The van der Waals surface area contributed by atoms with Gasteiger partial charge >= 0.3 is 6.18 Å². The van der Waals surface area contributed by atoms with Crippen LogP contribution in [0.1, 0.15) is 18.4 Å². The van der Waals surface area contributed by atoms with E-state index in [-0.39, 0.29) is 37.7 Å². The molecule has 0 aliphatic heterocycles. The third-order valence-corrected chi connectivity index (χ3v) is 4.27. The molecule has 0 saturated carbocycles. The lowest BCUT2D eigenvalue weighted by Crippen LogP contribution is -2.30. The van der Waals surface area contributed by atoms with Crippen LogP contribution in [0.3, 0.4) is 0 Å². The number of hydrogen-bond donors (Lipinski definition) is 3. The summed E-state index contributed by atoms with van der Waals surface area (Å²) in [7, 11) is -4.06. The summed E-state index contributed by atoms with van der Waals surface area (Å²) in [5.74, 6) is -0.270. The van der Waals surface area contributed by atoms with E-state index < -0.39 is 26.7 Å². The maximum atomic E-state index is 12.6. The van der Waals surface area contributed by atoms with Gasteiger partial charge in [0.15, 0.2) is 0 Å². The van der Waals surface area contributed by atoms with E-state index in [9.17, 15) is 26.4 Å². The number of carbonyl (C=O) groups is 1. The van der Waals surface area contributed by atoms with Crippen molar-refractivity contribution in [1.82, 2.24) is 10.0 Å². The molecule has 0 bridgehead atoms. The molecule has 0 aliphatic carbocycles. The summed E-state index contributed by atoms with van der Waals surface area (Å²) >= 11 is 0. The molecule has 0 unspecified atom stereocenters. The maximum Gasteiger partial charge on any atom is 0.416 e. The van der Waals surface area contributed by atoms with Crippen molar-refractivity contribution in [1.29, 1.82) is 0 Å². The van der Waals surface area contributed by atoms with Gasteiger partial charge in [0.1, 0.15) is 0 Å². The molecule has 24 heavy (non-hydrogen) atoms. The predicted octanol–water partition coefficient (Wildman–Crippen LogP) is 1.26. The fraction of sp³-hybridized carbons (Fsp3) is 0.462. The Hall–Kier alpha value is -1.36. The van der Waals surface area contributed by atoms with Crippen LogP contribution >= 0.6 is 12.4 Å². The van der Waals surface area contributed by atoms with Crippen molar-refractivity contribution in [3.63, 3.8) is 0 Å². The van der Waals surface area contributed by atoms with Crippen LogP contribution in [0, 0.1) is 0 Å². The topological polar surface area (TPSA) is 101 Å². The molecule has 1 aromatic rings. The van der Waals surface area contributed by atoms with Gasteiger partial charge in [-0.1, -0.05) is 6.07 Å². The highest BCUT2D eigenvalue weighted by molar-refractivity contribution is 7.89. The van der Waals surface area contributed by atoms with E-state index in [0.29, 0.717) is 19.2 Å². The molecule has 0 aliphatic rings. The third-order valence-electron chi connectivity index (χ3n) is 2.81. The molecule has 0 saturated heterocycles. The van der Waals surface area contributed by atoms with Gasteiger partial charge in [0, 0.05) is 26.1 Å². The Morgan fingerprint density at radius 1 is 1.21 bits per heavy atom. The minimum absolute atomic E-state index is 0. The zero-order chi connectivity index (χ0) is 17.5. The number of nitrogens with one attached hydrogen (secondary N) is 2. The number of benzene rings is 1. The standard InChI is InChI=1S/C13H18F3N3O3S.ClH/c14-13(15,16)10-3-1-4-11(9-10)23(21,22)19-7-2-5-12(20)18-8-6-17;/h1,3-4,9,19H,2,5-8,17H2,(H,18,20);1H. The summed E-state index contributed by atoms with van der Waals surface area (Å²) in [5.41, 5.74) is 4.17. The molecule has 0 fully saturated rings. The van der Waals surface area contributed by atoms with Gasteiger partial charge in [0.25, 0.3) is 0 Å². The summed E-state index contributed by atoms with van der Waals surface area (Å²) in [5, 5.41) is 2.52. The van der Waals surface area contributed by atoms with Gasteiger partial charge in [0.2, 0.25) is 15.9 Å². The van der Waals surface area contributed by atoms with E-state index in [1.165, 1.54) is 0 Å². The molecule has 4 N–H and O–H groups in total. The van der Waals surface area contributed by atoms with E-state index in [2.05, 4.69) is 10.0 Å². The number of alkyl halides is 3. The van der Waals surface area contributed by atoms with Crippen molar-refractivity contribution < 1.29 is 26.4 Å². The van der Waals surface area contributed by atoms with Gasteiger partial charge in [-0.05, 0) is 24.6 Å². The highest BCUT2D eigenvalue weighted by Gasteiger charge is 2.31. The molecule has 1 amide bonds. The average Bonchev–Trinajstić information content (AvgIpc) is 2.49. The lowest BCUT2D eigenvalue weighted by atomic mass is 10.2. The number of nitrogens with two attached hydrogens (primary N) is 1. The van der Waals surface area contributed by atoms with Crippen molar-refractivity contribution in [2.24, 2.45) is 5.73 Å². The Labute approximate surface area is 144 Å². The van der Waals surface area contributed by atoms with Gasteiger partial charge in [-0.2, -0.15) is 13.2 Å². The predicted molar refractivity (Wildman–Crippen MR) is 85.2 cm³/mol. The quantitative estimate of drug-likeness (QED) is 0.582. The van der Waals surface area contributed by atoms with Crippen molar-refractivity contribution in [3.05, 3.63) is 29.8 Å². The molecule has 11 heteroatoms. The number of sulfonamides is 1. The highest BCUT2D eigenvalue weighted by atomic mass is 35.5. The minimum Gasteiger partial charge on any atom is -0.355 e. The molecule has 0 spiro atoms.